The second kappa shape index (κ2) is 4.24. The highest BCUT2D eigenvalue weighted by Gasteiger charge is 2.20. The summed E-state index contributed by atoms with van der Waals surface area (Å²) in [5.41, 5.74) is 1.08. The van der Waals surface area contributed by atoms with Crippen LogP contribution in [0.2, 0.25) is 0 Å². The monoisotopic (exact) mass is 257 g/mol. The van der Waals surface area contributed by atoms with Gasteiger partial charge in [-0.15, -0.1) is 22.9 Å². The quantitative estimate of drug-likeness (QED) is 0.771. The van der Waals surface area contributed by atoms with Crippen LogP contribution in [0.25, 0.3) is 4.96 Å². The van der Waals surface area contributed by atoms with Crippen LogP contribution in [0.5, 0.6) is 0 Å². The Labute approximate surface area is 102 Å². The average Bonchev–Trinajstić information content (AvgIpc) is 2.89. The molecule has 0 saturated carbocycles. The molecule has 0 aliphatic carbocycles. The van der Waals surface area contributed by atoms with Crippen molar-refractivity contribution in [2.45, 2.75) is 5.88 Å². The summed E-state index contributed by atoms with van der Waals surface area (Å²) in [6.45, 7) is 3.34. The van der Waals surface area contributed by atoms with Gasteiger partial charge in [0.25, 0.3) is 0 Å². The van der Waals surface area contributed by atoms with E-state index in [4.69, 9.17) is 16.3 Å². The van der Waals surface area contributed by atoms with E-state index in [9.17, 15) is 0 Å². The van der Waals surface area contributed by atoms with Crippen LogP contribution in [0.4, 0.5) is 5.82 Å². The number of hydrogen-bond acceptors (Lipinski definition) is 4. The number of imidazole rings is 1. The first-order valence-electron chi connectivity index (χ1n) is 5.23. The number of morpholine rings is 1. The molecule has 0 atom stereocenters. The summed E-state index contributed by atoms with van der Waals surface area (Å²) in [7, 11) is 0. The van der Waals surface area contributed by atoms with Crippen molar-refractivity contribution in [1.29, 1.82) is 0 Å². The van der Waals surface area contributed by atoms with Crippen LogP contribution in [0.1, 0.15) is 5.69 Å². The van der Waals surface area contributed by atoms with Gasteiger partial charge in [0, 0.05) is 24.7 Å². The Morgan fingerprint density at radius 2 is 2.25 bits per heavy atom. The van der Waals surface area contributed by atoms with Crippen LogP contribution in [0.15, 0.2) is 11.6 Å². The molecule has 1 saturated heterocycles. The van der Waals surface area contributed by atoms with Gasteiger partial charge in [-0.1, -0.05) is 0 Å². The minimum absolute atomic E-state index is 0.491. The van der Waals surface area contributed by atoms with Crippen molar-refractivity contribution >= 4 is 33.7 Å². The van der Waals surface area contributed by atoms with E-state index in [1.165, 1.54) is 0 Å². The van der Waals surface area contributed by atoms with Gasteiger partial charge in [0.05, 0.1) is 24.8 Å². The smallest absolute Gasteiger partial charge is 0.195 e. The van der Waals surface area contributed by atoms with Crippen molar-refractivity contribution in [3.63, 3.8) is 0 Å². The van der Waals surface area contributed by atoms with Gasteiger partial charge in [-0.3, -0.25) is 4.40 Å². The van der Waals surface area contributed by atoms with E-state index < -0.39 is 0 Å². The number of fused-ring (bicyclic) bond motifs is 1. The number of thiazole rings is 1. The normalized spacial score (nSPS) is 17.2. The van der Waals surface area contributed by atoms with Gasteiger partial charge in [-0.25, -0.2) is 4.98 Å². The van der Waals surface area contributed by atoms with Gasteiger partial charge < -0.3 is 9.64 Å². The molecule has 1 aliphatic rings. The summed E-state index contributed by atoms with van der Waals surface area (Å²) in [6.07, 6.45) is 2.02. The lowest BCUT2D eigenvalue weighted by Gasteiger charge is -2.27. The van der Waals surface area contributed by atoms with E-state index in [0.29, 0.717) is 5.88 Å². The number of ether oxygens (including phenoxy) is 1. The first-order chi connectivity index (χ1) is 7.90. The second-order valence-corrected chi connectivity index (χ2v) is 4.81. The lowest BCUT2D eigenvalue weighted by Crippen LogP contribution is -2.37. The van der Waals surface area contributed by atoms with E-state index in [1.54, 1.807) is 11.3 Å². The third-order valence-corrected chi connectivity index (χ3v) is 3.79. The van der Waals surface area contributed by atoms with Gasteiger partial charge in [0.15, 0.2) is 10.8 Å². The van der Waals surface area contributed by atoms with Crippen LogP contribution in [0, 0.1) is 0 Å². The molecule has 6 heteroatoms. The highest BCUT2D eigenvalue weighted by Crippen LogP contribution is 2.26. The summed E-state index contributed by atoms with van der Waals surface area (Å²) in [4.78, 5) is 7.90. The van der Waals surface area contributed by atoms with Gasteiger partial charge in [0.2, 0.25) is 0 Å². The summed E-state index contributed by atoms with van der Waals surface area (Å²) in [5.74, 6) is 1.51. The largest absolute Gasteiger partial charge is 0.378 e. The first kappa shape index (κ1) is 10.4. The molecule has 1 aliphatic heterocycles. The zero-order chi connectivity index (χ0) is 11.0. The summed E-state index contributed by atoms with van der Waals surface area (Å²) in [6, 6.07) is 0. The van der Waals surface area contributed by atoms with Crippen LogP contribution in [0.3, 0.4) is 0 Å². The van der Waals surface area contributed by atoms with Crippen LogP contribution >= 0.6 is 22.9 Å². The number of hydrogen-bond donors (Lipinski definition) is 0. The Morgan fingerprint density at radius 1 is 1.44 bits per heavy atom. The lowest BCUT2D eigenvalue weighted by atomic mass is 10.3. The van der Waals surface area contributed by atoms with E-state index in [2.05, 4.69) is 14.3 Å². The molecule has 0 spiro atoms. The van der Waals surface area contributed by atoms with Gasteiger partial charge in [-0.2, -0.15) is 0 Å². The summed E-state index contributed by atoms with van der Waals surface area (Å²) in [5, 5.41) is 2.03. The highest BCUT2D eigenvalue weighted by atomic mass is 35.5. The molecule has 0 aromatic carbocycles. The molecule has 0 radical (unpaired) electrons. The molecular formula is C10H12ClN3OS. The second-order valence-electron chi connectivity index (χ2n) is 3.67. The first-order valence-corrected chi connectivity index (χ1v) is 6.64. The highest BCUT2D eigenvalue weighted by molar-refractivity contribution is 7.15. The zero-order valence-electron chi connectivity index (χ0n) is 8.73. The Bertz CT molecular complexity index is 489. The fraction of sp³-hybridized carbons (Fsp3) is 0.500. The minimum Gasteiger partial charge on any atom is -0.378 e. The maximum Gasteiger partial charge on any atom is 0.195 e. The third kappa shape index (κ3) is 1.59. The predicted octanol–water partition coefficient (Wildman–Crippen LogP) is 1.97. The molecule has 1 fully saturated rings. The molecule has 0 amide bonds. The van der Waals surface area contributed by atoms with Gasteiger partial charge >= 0.3 is 0 Å². The van der Waals surface area contributed by atoms with Crippen molar-refractivity contribution in [3.05, 3.63) is 17.3 Å². The standard InChI is InChI=1S/C10H12ClN3OS/c11-7-8-9(13-1-4-15-5-2-13)12-10-14(8)3-6-16-10/h3,6H,1-2,4-5,7H2. The van der Waals surface area contributed by atoms with Crippen molar-refractivity contribution in [2.75, 3.05) is 31.2 Å². The number of aromatic nitrogens is 2. The number of anilines is 1. The number of alkyl halides is 1. The molecule has 4 nitrogen and oxygen atoms in total. The predicted molar refractivity (Wildman–Crippen MR) is 65.7 cm³/mol. The number of nitrogens with zero attached hydrogens (tertiary/aromatic N) is 3. The molecular weight excluding hydrogens is 246 g/mol. The van der Waals surface area contributed by atoms with Crippen molar-refractivity contribution in [1.82, 2.24) is 9.38 Å². The SMILES string of the molecule is ClCc1c(N2CCOCC2)nc2sccn12. The van der Waals surface area contributed by atoms with Crippen LogP contribution in [-0.2, 0) is 10.6 Å². The van der Waals surface area contributed by atoms with Crippen molar-refractivity contribution in [3.8, 4) is 0 Å². The topological polar surface area (TPSA) is 29.8 Å². The van der Waals surface area contributed by atoms with Crippen LogP contribution < -0.4 is 4.90 Å². The molecule has 0 bridgehead atoms. The number of halogens is 1. The average molecular weight is 258 g/mol. The summed E-state index contributed by atoms with van der Waals surface area (Å²) < 4.78 is 7.42. The molecule has 16 heavy (non-hydrogen) atoms. The van der Waals surface area contributed by atoms with Crippen molar-refractivity contribution < 1.29 is 4.74 Å². The van der Waals surface area contributed by atoms with E-state index in [0.717, 1.165) is 42.8 Å². The van der Waals surface area contributed by atoms with E-state index >= 15 is 0 Å². The molecule has 0 N–H and O–H groups in total. The zero-order valence-corrected chi connectivity index (χ0v) is 10.3. The molecule has 86 valence electrons. The van der Waals surface area contributed by atoms with E-state index in [1.807, 2.05) is 11.6 Å². The molecule has 2 aromatic rings. The lowest BCUT2D eigenvalue weighted by molar-refractivity contribution is 0.122. The molecule has 3 heterocycles. The Hall–Kier alpha value is -0.780. The maximum atomic E-state index is 6.01. The molecule has 2 aromatic heterocycles. The van der Waals surface area contributed by atoms with Crippen LogP contribution in [-0.4, -0.2) is 35.7 Å². The van der Waals surface area contributed by atoms with E-state index in [-0.39, 0.29) is 0 Å². The fourth-order valence-electron chi connectivity index (χ4n) is 1.97. The Kier molecular flexibility index (Phi) is 2.75. The Balaban J connectivity index is 2.03. The minimum atomic E-state index is 0.491. The summed E-state index contributed by atoms with van der Waals surface area (Å²) >= 11 is 7.65. The molecule has 0 unspecified atom stereocenters. The molecule has 3 rings (SSSR count). The maximum absolute atomic E-state index is 6.01. The third-order valence-electron chi connectivity index (χ3n) is 2.78. The fourth-order valence-corrected chi connectivity index (χ4v) is 2.95. The van der Waals surface area contributed by atoms with Gasteiger partial charge in [0.1, 0.15) is 0 Å². The Morgan fingerprint density at radius 3 is 3.00 bits per heavy atom. The number of rotatable bonds is 2. The van der Waals surface area contributed by atoms with Gasteiger partial charge in [-0.05, 0) is 0 Å². The van der Waals surface area contributed by atoms with Crippen molar-refractivity contribution in [2.24, 2.45) is 0 Å².